The minimum Gasteiger partial charge on any atom is -0.490 e. The number of rotatable bonds is 7. The van der Waals surface area contributed by atoms with E-state index in [2.05, 4.69) is 21.8 Å². The fourth-order valence-electron chi connectivity index (χ4n) is 5.69. The van der Waals surface area contributed by atoms with Crippen molar-refractivity contribution in [2.45, 2.75) is 25.8 Å². The summed E-state index contributed by atoms with van der Waals surface area (Å²) in [6.45, 7) is 6.17. The maximum Gasteiger partial charge on any atom is 0.328 e. The molecule has 2 aliphatic rings. The maximum atomic E-state index is 13.5. The molecule has 1 aliphatic carbocycles. The molecule has 37 heavy (non-hydrogen) atoms. The number of aromatic nitrogens is 4. The number of imidazole rings is 1. The summed E-state index contributed by atoms with van der Waals surface area (Å²) in [5, 5.41) is 0.859. The highest BCUT2D eigenvalue weighted by Crippen LogP contribution is 2.40. The highest BCUT2D eigenvalue weighted by Gasteiger charge is 2.25. The fraction of sp³-hybridized carbons (Fsp3) is 0.500. The molecule has 4 aromatic rings. The van der Waals surface area contributed by atoms with Gasteiger partial charge in [0.15, 0.2) is 5.75 Å². The molecule has 4 heterocycles. The van der Waals surface area contributed by atoms with Crippen molar-refractivity contribution in [1.29, 1.82) is 0 Å². The first kappa shape index (κ1) is 24.1. The van der Waals surface area contributed by atoms with E-state index in [1.165, 1.54) is 19.3 Å². The number of hydrogen-bond donors (Lipinski definition) is 1. The minimum absolute atomic E-state index is 0.0259. The first-order valence-electron chi connectivity index (χ1n) is 13.4. The van der Waals surface area contributed by atoms with E-state index in [1.54, 1.807) is 22.4 Å². The van der Waals surface area contributed by atoms with Gasteiger partial charge in [-0.3, -0.25) is 18.8 Å². The Morgan fingerprint density at radius 1 is 0.973 bits per heavy atom. The number of nitrogens with one attached hydrogen (secondary N) is 1. The zero-order valence-corrected chi connectivity index (χ0v) is 22.0. The average Bonchev–Trinajstić information content (AvgIpc) is 3.45. The maximum absolute atomic E-state index is 13.5. The van der Waals surface area contributed by atoms with Crippen molar-refractivity contribution in [2.75, 3.05) is 46.4 Å². The van der Waals surface area contributed by atoms with Gasteiger partial charge in [-0.05, 0) is 44.0 Å². The third-order valence-electron chi connectivity index (χ3n) is 8.37. The Morgan fingerprint density at radius 2 is 1.76 bits per heavy atom. The van der Waals surface area contributed by atoms with Crippen molar-refractivity contribution in [3.8, 4) is 16.9 Å². The number of benzene rings is 1. The molecule has 9 heteroatoms. The molecule has 2 fully saturated rings. The van der Waals surface area contributed by atoms with Gasteiger partial charge in [-0.1, -0.05) is 6.42 Å². The van der Waals surface area contributed by atoms with Gasteiger partial charge in [0.2, 0.25) is 0 Å². The van der Waals surface area contributed by atoms with E-state index in [0.29, 0.717) is 24.6 Å². The largest absolute Gasteiger partial charge is 0.490 e. The van der Waals surface area contributed by atoms with E-state index in [0.717, 1.165) is 66.0 Å². The van der Waals surface area contributed by atoms with Gasteiger partial charge in [-0.2, -0.15) is 0 Å². The Hall–Kier alpha value is -3.30. The smallest absolute Gasteiger partial charge is 0.328 e. The standard InChI is InChI=1S/C28H36N6O3/c1-30-11-13-33(14-12-30)15-16-34-25-23(32(3)28(34)36)8-7-21(26(25)37-18-19-5-4-6-19)22-17-31(2)27(35)24-20(22)9-10-29-24/h7-10,17,19,29H,4-6,11-16,18H2,1-3H3. The summed E-state index contributed by atoms with van der Waals surface area (Å²) in [4.78, 5) is 34.1. The summed E-state index contributed by atoms with van der Waals surface area (Å²) in [6.07, 6.45) is 7.29. The number of ether oxygens (including phenoxy) is 1. The lowest BCUT2D eigenvalue weighted by Crippen LogP contribution is -2.45. The molecule has 0 amide bonds. The van der Waals surface area contributed by atoms with E-state index in [4.69, 9.17) is 4.74 Å². The Balaban J connectivity index is 1.49. The van der Waals surface area contributed by atoms with Crippen LogP contribution in [0.2, 0.25) is 0 Å². The molecule has 1 saturated carbocycles. The Morgan fingerprint density at radius 3 is 2.49 bits per heavy atom. The first-order chi connectivity index (χ1) is 17.9. The van der Waals surface area contributed by atoms with Crippen LogP contribution in [0, 0.1) is 5.92 Å². The molecule has 0 bridgehead atoms. The van der Waals surface area contributed by atoms with Crippen LogP contribution in [0.1, 0.15) is 19.3 Å². The molecule has 196 valence electrons. The Kier molecular flexibility index (Phi) is 6.20. The van der Waals surface area contributed by atoms with Crippen molar-refractivity contribution >= 4 is 21.9 Å². The Bertz CT molecular complexity index is 1560. The van der Waals surface area contributed by atoms with E-state index >= 15 is 0 Å². The van der Waals surface area contributed by atoms with Crippen LogP contribution in [-0.4, -0.2) is 74.9 Å². The predicted molar refractivity (Wildman–Crippen MR) is 146 cm³/mol. The molecular formula is C28H36N6O3. The molecule has 1 aromatic carbocycles. The topological polar surface area (TPSA) is 80.4 Å². The molecule has 0 atom stereocenters. The SMILES string of the molecule is CN1CCN(CCn2c(=O)n(C)c3ccc(-c4cn(C)c(=O)c5[nH]ccc45)c(OCC4CCC4)c32)CC1. The molecule has 6 rings (SSSR count). The van der Waals surface area contributed by atoms with E-state index < -0.39 is 0 Å². The van der Waals surface area contributed by atoms with Crippen LogP contribution in [0.3, 0.4) is 0 Å². The number of pyridine rings is 1. The van der Waals surface area contributed by atoms with Crippen molar-refractivity contribution in [3.05, 3.63) is 51.4 Å². The van der Waals surface area contributed by atoms with E-state index in [-0.39, 0.29) is 11.2 Å². The summed E-state index contributed by atoms with van der Waals surface area (Å²) in [7, 11) is 5.76. The lowest BCUT2D eigenvalue weighted by molar-refractivity contribution is 0.150. The van der Waals surface area contributed by atoms with Gasteiger partial charge in [-0.25, -0.2) is 4.79 Å². The monoisotopic (exact) mass is 504 g/mol. The van der Waals surface area contributed by atoms with Gasteiger partial charge >= 0.3 is 5.69 Å². The predicted octanol–water partition coefficient (Wildman–Crippen LogP) is 2.61. The van der Waals surface area contributed by atoms with Crippen LogP contribution in [-0.2, 0) is 20.6 Å². The van der Waals surface area contributed by atoms with Crippen LogP contribution < -0.4 is 16.0 Å². The minimum atomic E-state index is -0.0643. The Labute approximate surface area is 215 Å². The van der Waals surface area contributed by atoms with Crippen LogP contribution in [0.25, 0.3) is 33.1 Å². The lowest BCUT2D eigenvalue weighted by Gasteiger charge is -2.32. The second-order valence-electron chi connectivity index (χ2n) is 10.8. The summed E-state index contributed by atoms with van der Waals surface area (Å²) in [5.41, 5.74) is 4.02. The number of aryl methyl sites for hydroxylation is 2. The summed E-state index contributed by atoms with van der Waals surface area (Å²) in [6, 6.07) is 5.99. The van der Waals surface area contributed by atoms with Gasteiger partial charge in [-0.15, -0.1) is 0 Å². The number of fused-ring (bicyclic) bond motifs is 2. The zero-order chi connectivity index (χ0) is 25.7. The van der Waals surface area contributed by atoms with Crippen molar-refractivity contribution < 1.29 is 4.74 Å². The highest BCUT2D eigenvalue weighted by atomic mass is 16.5. The molecule has 9 nitrogen and oxygen atoms in total. The molecular weight excluding hydrogens is 468 g/mol. The fourth-order valence-corrected chi connectivity index (χ4v) is 5.69. The van der Waals surface area contributed by atoms with Crippen molar-refractivity contribution in [1.82, 2.24) is 28.5 Å². The quantitative estimate of drug-likeness (QED) is 0.419. The zero-order valence-electron chi connectivity index (χ0n) is 22.0. The average molecular weight is 505 g/mol. The number of aromatic amines is 1. The molecule has 1 aliphatic heterocycles. The third kappa shape index (κ3) is 4.20. The summed E-state index contributed by atoms with van der Waals surface area (Å²) in [5.74, 6) is 1.28. The summed E-state index contributed by atoms with van der Waals surface area (Å²) < 4.78 is 11.9. The third-order valence-corrected chi connectivity index (χ3v) is 8.37. The number of piperazine rings is 1. The molecule has 0 spiro atoms. The number of nitrogens with zero attached hydrogens (tertiary/aromatic N) is 5. The number of hydrogen-bond acceptors (Lipinski definition) is 5. The van der Waals surface area contributed by atoms with Crippen LogP contribution >= 0.6 is 0 Å². The van der Waals surface area contributed by atoms with Gasteiger partial charge in [0.05, 0.1) is 12.1 Å². The van der Waals surface area contributed by atoms with Gasteiger partial charge < -0.3 is 19.2 Å². The van der Waals surface area contributed by atoms with Gasteiger partial charge in [0.1, 0.15) is 11.0 Å². The van der Waals surface area contributed by atoms with Gasteiger partial charge in [0.25, 0.3) is 5.56 Å². The molecule has 0 radical (unpaired) electrons. The van der Waals surface area contributed by atoms with Crippen LogP contribution in [0.5, 0.6) is 5.75 Å². The molecule has 3 aromatic heterocycles. The van der Waals surface area contributed by atoms with Gasteiger partial charge in [0, 0.05) is 82.3 Å². The second-order valence-corrected chi connectivity index (χ2v) is 10.8. The van der Waals surface area contributed by atoms with Crippen molar-refractivity contribution in [2.24, 2.45) is 20.0 Å². The van der Waals surface area contributed by atoms with E-state index in [9.17, 15) is 9.59 Å². The molecule has 1 N–H and O–H groups in total. The summed E-state index contributed by atoms with van der Waals surface area (Å²) >= 11 is 0. The number of H-pyrrole nitrogens is 1. The first-order valence-corrected chi connectivity index (χ1v) is 13.4. The van der Waals surface area contributed by atoms with Crippen LogP contribution in [0.4, 0.5) is 0 Å². The highest BCUT2D eigenvalue weighted by molar-refractivity contribution is 6.00. The molecule has 0 unspecified atom stereocenters. The van der Waals surface area contributed by atoms with Crippen molar-refractivity contribution in [3.63, 3.8) is 0 Å². The second kappa shape index (κ2) is 9.54. The molecule has 1 saturated heterocycles. The lowest BCUT2D eigenvalue weighted by atomic mass is 9.86. The number of likely N-dealkylation sites (N-methyl/N-ethyl adjacent to an activating group) is 1. The normalized spacial score (nSPS) is 17.6. The van der Waals surface area contributed by atoms with E-state index in [1.807, 2.05) is 36.0 Å². The van der Waals surface area contributed by atoms with Crippen LogP contribution in [0.15, 0.2) is 40.2 Å².